The van der Waals surface area contributed by atoms with Gasteiger partial charge in [0.2, 0.25) is 0 Å². The summed E-state index contributed by atoms with van der Waals surface area (Å²) in [5, 5.41) is 10.9. The molecule has 2 aromatic rings. The van der Waals surface area contributed by atoms with E-state index in [0.717, 1.165) is 18.7 Å². The second-order valence-electron chi connectivity index (χ2n) is 4.49. The maximum absolute atomic E-state index is 11.1. The topological polar surface area (TPSA) is 40.5 Å². The highest BCUT2D eigenvalue weighted by atomic mass is 32.1. The van der Waals surface area contributed by atoms with E-state index < -0.39 is 5.97 Å². The maximum Gasteiger partial charge on any atom is 0.346 e. The van der Waals surface area contributed by atoms with Crippen molar-refractivity contribution in [2.45, 2.75) is 19.6 Å². The van der Waals surface area contributed by atoms with Gasteiger partial charge in [0.25, 0.3) is 0 Å². The van der Waals surface area contributed by atoms with Gasteiger partial charge in [-0.3, -0.25) is 4.90 Å². The van der Waals surface area contributed by atoms with E-state index in [-0.39, 0.29) is 0 Å². The van der Waals surface area contributed by atoms with Gasteiger partial charge >= 0.3 is 5.97 Å². The number of hydrogen-bond donors (Lipinski definition) is 1. The van der Waals surface area contributed by atoms with Crippen molar-refractivity contribution in [3.63, 3.8) is 0 Å². The minimum absolute atomic E-state index is 0.464. The van der Waals surface area contributed by atoms with Gasteiger partial charge in [0.15, 0.2) is 0 Å². The molecule has 0 fully saturated rings. The summed E-state index contributed by atoms with van der Waals surface area (Å²) in [6.07, 6.45) is 0. The van der Waals surface area contributed by atoms with Gasteiger partial charge in [-0.05, 0) is 28.1 Å². The largest absolute Gasteiger partial charge is 0.477 e. The summed E-state index contributed by atoms with van der Waals surface area (Å²) >= 11 is 1.30. The molecular formula is C14H13NO2S. The molecule has 92 valence electrons. The molecule has 0 bridgehead atoms. The van der Waals surface area contributed by atoms with Crippen molar-refractivity contribution in [2.24, 2.45) is 0 Å². The number of carbonyl (C=O) groups is 1. The summed E-state index contributed by atoms with van der Waals surface area (Å²) in [4.78, 5) is 13.8. The SMILES string of the molecule is O=C(O)c1sccc1CN1Cc2ccccc2C1. The van der Waals surface area contributed by atoms with Crippen LogP contribution in [0.2, 0.25) is 0 Å². The minimum Gasteiger partial charge on any atom is -0.477 e. The van der Waals surface area contributed by atoms with E-state index in [1.54, 1.807) is 0 Å². The monoisotopic (exact) mass is 259 g/mol. The zero-order chi connectivity index (χ0) is 12.5. The first kappa shape index (κ1) is 11.4. The van der Waals surface area contributed by atoms with Crippen LogP contribution in [0.5, 0.6) is 0 Å². The molecule has 3 rings (SSSR count). The summed E-state index contributed by atoms with van der Waals surface area (Å²) in [6.45, 7) is 2.52. The fraction of sp³-hybridized carbons (Fsp3) is 0.214. The number of fused-ring (bicyclic) bond motifs is 1. The van der Waals surface area contributed by atoms with E-state index in [0.29, 0.717) is 11.4 Å². The Morgan fingerprint density at radius 3 is 2.50 bits per heavy atom. The van der Waals surface area contributed by atoms with Crippen LogP contribution in [-0.4, -0.2) is 16.0 Å². The molecule has 3 nitrogen and oxygen atoms in total. The Kier molecular flexibility index (Phi) is 2.89. The van der Waals surface area contributed by atoms with E-state index in [2.05, 4.69) is 29.2 Å². The molecule has 0 aliphatic carbocycles. The smallest absolute Gasteiger partial charge is 0.346 e. The van der Waals surface area contributed by atoms with Crippen LogP contribution in [0.3, 0.4) is 0 Å². The Hall–Kier alpha value is -1.65. The van der Waals surface area contributed by atoms with Crippen molar-refractivity contribution >= 4 is 17.3 Å². The van der Waals surface area contributed by atoms with Crippen molar-refractivity contribution < 1.29 is 9.90 Å². The van der Waals surface area contributed by atoms with Crippen LogP contribution in [-0.2, 0) is 19.6 Å². The summed E-state index contributed by atoms with van der Waals surface area (Å²) in [7, 11) is 0. The van der Waals surface area contributed by atoms with Gasteiger partial charge in [-0.25, -0.2) is 4.79 Å². The maximum atomic E-state index is 11.1. The Labute approximate surface area is 109 Å². The average Bonchev–Trinajstić information content (AvgIpc) is 2.94. The van der Waals surface area contributed by atoms with Crippen LogP contribution in [0.15, 0.2) is 35.7 Å². The minimum atomic E-state index is -0.822. The first-order valence-corrected chi connectivity index (χ1v) is 6.71. The number of carboxylic acid groups (broad SMARTS) is 1. The molecule has 0 atom stereocenters. The molecule has 1 aromatic heterocycles. The van der Waals surface area contributed by atoms with Crippen molar-refractivity contribution in [2.75, 3.05) is 0 Å². The molecule has 18 heavy (non-hydrogen) atoms. The molecule has 2 heterocycles. The number of carboxylic acids is 1. The highest BCUT2D eigenvalue weighted by Crippen LogP contribution is 2.26. The highest BCUT2D eigenvalue weighted by Gasteiger charge is 2.20. The third-order valence-corrected chi connectivity index (χ3v) is 4.19. The first-order valence-electron chi connectivity index (χ1n) is 5.83. The van der Waals surface area contributed by atoms with Crippen LogP contribution >= 0.6 is 11.3 Å². The highest BCUT2D eigenvalue weighted by molar-refractivity contribution is 7.12. The fourth-order valence-corrected chi connectivity index (χ4v) is 3.16. The Morgan fingerprint density at radius 1 is 1.22 bits per heavy atom. The van der Waals surface area contributed by atoms with E-state index >= 15 is 0 Å². The third-order valence-electron chi connectivity index (χ3n) is 3.24. The second-order valence-corrected chi connectivity index (χ2v) is 5.41. The molecule has 0 radical (unpaired) electrons. The van der Waals surface area contributed by atoms with Gasteiger partial charge in [0, 0.05) is 19.6 Å². The third kappa shape index (κ3) is 2.05. The lowest BCUT2D eigenvalue weighted by molar-refractivity contribution is 0.0700. The lowest BCUT2D eigenvalue weighted by atomic mass is 10.1. The van der Waals surface area contributed by atoms with Crippen molar-refractivity contribution in [1.29, 1.82) is 0 Å². The number of hydrogen-bond acceptors (Lipinski definition) is 3. The normalized spacial score (nSPS) is 14.7. The molecular weight excluding hydrogens is 246 g/mol. The molecule has 0 saturated heterocycles. The quantitative estimate of drug-likeness (QED) is 0.921. The molecule has 0 spiro atoms. The van der Waals surface area contributed by atoms with Crippen LogP contribution in [0, 0.1) is 0 Å². The van der Waals surface area contributed by atoms with Gasteiger partial charge in [0.1, 0.15) is 4.88 Å². The second kappa shape index (κ2) is 4.55. The predicted octanol–water partition coefficient (Wildman–Crippen LogP) is 2.96. The lowest BCUT2D eigenvalue weighted by Crippen LogP contribution is -2.16. The Morgan fingerprint density at radius 2 is 1.89 bits per heavy atom. The van der Waals surface area contributed by atoms with Crippen LogP contribution < -0.4 is 0 Å². The standard InChI is InChI=1S/C14H13NO2S/c16-14(17)13-12(5-6-18-13)9-15-7-10-3-1-2-4-11(10)8-15/h1-6H,7-9H2,(H,16,17). The van der Waals surface area contributed by atoms with Crippen molar-refractivity contribution in [3.8, 4) is 0 Å². The Balaban J connectivity index is 1.76. The fourth-order valence-electron chi connectivity index (χ4n) is 2.40. The number of rotatable bonds is 3. The number of nitrogens with zero attached hydrogens (tertiary/aromatic N) is 1. The molecule has 0 amide bonds. The first-order chi connectivity index (χ1) is 8.74. The van der Waals surface area contributed by atoms with Crippen molar-refractivity contribution in [3.05, 3.63) is 57.3 Å². The summed E-state index contributed by atoms with van der Waals surface area (Å²) < 4.78 is 0. The van der Waals surface area contributed by atoms with Gasteiger partial charge in [-0.1, -0.05) is 24.3 Å². The number of benzene rings is 1. The van der Waals surface area contributed by atoms with Gasteiger partial charge in [0.05, 0.1) is 0 Å². The van der Waals surface area contributed by atoms with E-state index in [1.807, 2.05) is 11.4 Å². The lowest BCUT2D eigenvalue weighted by Gasteiger charge is -2.14. The van der Waals surface area contributed by atoms with Crippen molar-refractivity contribution in [1.82, 2.24) is 4.90 Å². The van der Waals surface area contributed by atoms with Crippen LogP contribution in [0.4, 0.5) is 0 Å². The zero-order valence-electron chi connectivity index (χ0n) is 9.80. The predicted molar refractivity (Wildman–Crippen MR) is 70.7 cm³/mol. The zero-order valence-corrected chi connectivity index (χ0v) is 10.6. The van der Waals surface area contributed by atoms with Gasteiger partial charge in [-0.15, -0.1) is 11.3 Å². The van der Waals surface area contributed by atoms with E-state index in [9.17, 15) is 4.79 Å². The summed E-state index contributed by atoms with van der Waals surface area (Å²) in [6, 6.07) is 10.3. The Bertz CT molecular complexity index is 566. The molecule has 1 aliphatic heterocycles. The summed E-state index contributed by atoms with van der Waals surface area (Å²) in [5.74, 6) is -0.822. The molecule has 1 N–H and O–H groups in total. The van der Waals surface area contributed by atoms with Crippen LogP contribution in [0.25, 0.3) is 0 Å². The molecule has 0 unspecified atom stereocenters. The molecule has 1 aromatic carbocycles. The van der Waals surface area contributed by atoms with E-state index in [4.69, 9.17) is 5.11 Å². The summed E-state index contributed by atoms with van der Waals surface area (Å²) in [5.41, 5.74) is 3.62. The van der Waals surface area contributed by atoms with Gasteiger partial charge in [-0.2, -0.15) is 0 Å². The van der Waals surface area contributed by atoms with Gasteiger partial charge < -0.3 is 5.11 Å². The molecule has 1 aliphatic rings. The molecule has 4 heteroatoms. The van der Waals surface area contributed by atoms with E-state index in [1.165, 1.54) is 22.5 Å². The van der Waals surface area contributed by atoms with Crippen LogP contribution in [0.1, 0.15) is 26.4 Å². The number of aromatic carboxylic acids is 1. The average molecular weight is 259 g/mol. The number of thiophene rings is 1. The molecule has 0 saturated carbocycles.